The van der Waals surface area contributed by atoms with Crippen LogP contribution in [-0.2, 0) is 28.6 Å². The first-order valence-corrected chi connectivity index (χ1v) is 27.7. The summed E-state index contributed by atoms with van der Waals surface area (Å²) < 4.78 is 16.6. The van der Waals surface area contributed by atoms with Gasteiger partial charge < -0.3 is 14.2 Å². The predicted octanol–water partition coefficient (Wildman–Crippen LogP) is 18.5. The average molecular weight is 931 g/mol. The minimum Gasteiger partial charge on any atom is -0.462 e. The van der Waals surface area contributed by atoms with Crippen LogP contribution in [0.2, 0.25) is 0 Å². The van der Waals surface area contributed by atoms with Crippen molar-refractivity contribution in [3.8, 4) is 0 Å². The molecule has 0 amide bonds. The number of allylic oxidation sites excluding steroid dienone is 16. The topological polar surface area (TPSA) is 78.9 Å². The van der Waals surface area contributed by atoms with Gasteiger partial charge in [0.25, 0.3) is 0 Å². The lowest BCUT2D eigenvalue weighted by Crippen LogP contribution is -2.30. The number of rotatable bonds is 49. The fourth-order valence-electron chi connectivity index (χ4n) is 7.48. The molecule has 1 atom stereocenters. The Morgan fingerprint density at radius 2 is 0.582 bits per heavy atom. The van der Waals surface area contributed by atoms with Gasteiger partial charge in [-0.1, -0.05) is 234 Å². The molecule has 382 valence electrons. The molecule has 0 spiro atoms. The Hall–Kier alpha value is -3.67. The number of unbranched alkanes of at least 4 members (excludes halogenated alkanes) is 22. The van der Waals surface area contributed by atoms with E-state index in [0.717, 1.165) is 122 Å². The predicted molar refractivity (Wildman–Crippen MR) is 288 cm³/mol. The lowest BCUT2D eigenvalue weighted by atomic mass is 10.0. The molecule has 0 radical (unpaired) electrons. The molecule has 0 heterocycles. The molecule has 0 aliphatic rings. The number of carbonyl (C=O) groups excluding carboxylic acids is 3. The summed E-state index contributed by atoms with van der Waals surface area (Å²) in [5, 5.41) is 0. The van der Waals surface area contributed by atoms with Gasteiger partial charge in [-0.15, -0.1) is 0 Å². The number of carbonyl (C=O) groups is 3. The maximum atomic E-state index is 12.7. The number of esters is 3. The van der Waals surface area contributed by atoms with E-state index in [1.54, 1.807) is 0 Å². The van der Waals surface area contributed by atoms with Crippen LogP contribution in [0.4, 0.5) is 0 Å². The van der Waals surface area contributed by atoms with Gasteiger partial charge in [0.2, 0.25) is 0 Å². The quantitative estimate of drug-likeness (QED) is 0.0262. The lowest BCUT2D eigenvalue weighted by Gasteiger charge is -2.18. The standard InChI is InChI=1S/C61H102O6/c1-4-7-10-13-15-17-19-21-22-23-24-25-26-27-28-29-30-31-32-33-34-35-36-37-38-40-41-43-45-48-51-54-60(63)66-57-58(56-65-59(62)53-50-47-12-9-6-3)67-61(64)55-52-49-46-44-42-39-20-18-16-14-11-8-5-2/h7-8,10-11,15-18,21-22,24-25,27-28,39,42,58H,4-6,9,12-14,19-20,23,26,29-38,40-41,43-57H2,1-3H3/b10-7-,11-8-,17-15-,18-16-,22-21-,25-24-,28-27-,42-39-. The van der Waals surface area contributed by atoms with Crippen LogP contribution in [0.3, 0.4) is 0 Å². The molecule has 0 aromatic rings. The van der Waals surface area contributed by atoms with E-state index in [1.165, 1.54) is 89.9 Å². The Morgan fingerprint density at radius 3 is 0.925 bits per heavy atom. The van der Waals surface area contributed by atoms with E-state index in [4.69, 9.17) is 14.2 Å². The second kappa shape index (κ2) is 54.9. The van der Waals surface area contributed by atoms with Gasteiger partial charge in [0, 0.05) is 19.3 Å². The van der Waals surface area contributed by atoms with Gasteiger partial charge in [-0.3, -0.25) is 14.4 Å². The molecule has 1 unspecified atom stereocenters. The van der Waals surface area contributed by atoms with Crippen molar-refractivity contribution in [2.45, 2.75) is 258 Å². The highest BCUT2D eigenvalue weighted by Crippen LogP contribution is 2.15. The van der Waals surface area contributed by atoms with Crippen LogP contribution in [0.1, 0.15) is 252 Å². The van der Waals surface area contributed by atoms with E-state index >= 15 is 0 Å². The van der Waals surface area contributed by atoms with Gasteiger partial charge in [0.15, 0.2) is 6.10 Å². The van der Waals surface area contributed by atoms with Crippen LogP contribution in [0, 0.1) is 0 Å². The van der Waals surface area contributed by atoms with Crippen molar-refractivity contribution in [1.29, 1.82) is 0 Å². The molecule has 0 aromatic heterocycles. The van der Waals surface area contributed by atoms with E-state index in [0.29, 0.717) is 19.3 Å². The van der Waals surface area contributed by atoms with Crippen molar-refractivity contribution in [3.05, 3.63) is 97.2 Å². The Kier molecular flexibility index (Phi) is 51.9. The third-order valence-corrected chi connectivity index (χ3v) is 11.6. The zero-order chi connectivity index (χ0) is 48.6. The largest absolute Gasteiger partial charge is 0.462 e. The summed E-state index contributed by atoms with van der Waals surface area (Å²) in [4.78, 5) is 37.7. The van der Waals surface area contributed by atoms with E-state index in [9.17, 15) is 14.4 Å². The highest BCUT2D eigenvalue weighted by Gasteiger charge is 2.19. The van der Waals surface area contributed by atoms with Crippen molar-refractivity contribution in [2.75, 3.05) is 13.2 Å². The molecular weight excluding hydrogens is 829 g/mol. The summed E-state index contributed by atoms with van der Waals surface area (Å²) in [7, 11) is 0. The Balaban J connectivity index is 4.00. The molecule has 67 heavy (non-hydrogen) atoms. The SMILES string of the molecule is CC/C=C\C/C=C\C/C=C\C/C=C\C/C=C\CCCCCCCCCCCCCCCCCC(=O)OCC(COC(=O)CCCCCCC)OC(=O)CCCCC/C=C\C/C=C\C/C=C\CC. The molecule has 6 nitrogen and oxygen atoms in total. The maximum Gasteiger partial charge on any atom is 0.306 e. The number of hydrogen-bond donors (Lipinski definition) is 0. The zero-order valence-corrected chi connectivity index (χ0v) is 43.6. The monoisotopic (exact) mass is 931 g/mol. The van der Waals surface area contributed by atoms with Gasteiger partial charge in [0.05, 0.1) is 0 Å². The average Bonchev–Trinajstić information content (AvgIpc) is 3.33. The molecule has 0 aromatic carbocycles. The molecule has 0 aliphatic carbocycles. The van der Waals surface area contributed by atoms with E-state index in [2.05, 4.69) is 118 Å². The minimum absolute atomic E-state index is 0.0884. The molecular formula is C61H102O6. The maximum absolute atomic E-state index is 12.7. The van der Waals surface area contributed by atoms with Gasteiger partial charge >= 0.3 is 17.9 Å². The number of ether oxygens (including phenoxy) is 3. The van der Waals surface area contributed by atoms with E-state index < -0.39 is 6.10 Å². The van der Waals surface area contributed by atoms with Crippen molar-refractivity contribution >= 4 is 17.9 Å². The van der Waals surface area contributed by atoms with Crippen LogP contribution in [-0.4, -0.2) is 37.2 Å². The van der Waals surface area contributed by atoms with Gasteiger partial charge in [0.1, 0.15) is 13.2 Å². The van der Waals surface area contributed by atoms with Crippen molar-refractivity contribution in [2.24, 2.45) is 0 Å². The van der Waals surface area contributed by atoms with Crippen LogP contribution in [0.5, 0.6) is 0 Å². The first kappa shape index (κ1) is 63.3. The van der Waals surface area contributed by atoms with Crippen LogP contribution in [0.15, 0.2) is 97.2 Å². The zero-order valence-electron chi connectivity index (χ0n) is 43.6. The van der Waals surface area contributed by atoms with Gasteiger partial charge in [-0.05, 0) is 96.3 Å². The van der Waals surface area contributed by atoms with Crippen LogP contribution in [0.25, 0.3) is 0 Å². The van der Waals surface area contributed by atoms with Gasteiger partial charge in [-0.25, -0.2) is 0 Å². The minimum atomic E-state index is -0.787. The Labute approximate surface area is 413 Å². The summed E-state index contributed by atoms with van der Waals surface area (Å²) in [6.07, 6.45) is 73.2. The van der Waals surface area contributed by atoms with Crippen LogP contribution < -0.4 is 0 Å². The Bertz CT molecular complexity index is 1350. The first-order chi connectivity index (χ1) is 33.0. The molecule has 0 bridgehead atoms. The fraction of sp³-hybridized carbons (Fsp3) is 0.689. The Morgan fingerprint density at radius 1 is 0.313 bits per heavy atom. The van der Waals surface area contributed by atoms with E-state index in [-0.39, 0.29) is 31.1 Å². The number of hydrogen-bond acceptors (Lipinski definition) is 6. The first-order valence-electron chi connectivity index (χ1n) is 27.7. The summed E-state index contributed by atoms with van der Waals surface area (Å²) in [6, 6.07) is 0. The van der Waals surface area contributed by atoms with Crippen molar-refractivity contribution in [1.82, 2.24) is 0 Å². The van der Waals surface area contributed by atoms with Crippen LogP contribution >= 0.6 is 0 Å². The third kappa shape index (κ3) is 53.2. The molecule has 0 saturated carbocycles. The normalized spacial score (nSPS) is 12.8. The highest BCUT2D eigenvalue weighted by molar-refractivity contribution is 5.71. The summed E-state index contributed by atoms with van der Waals surface area (Å²) in [6.45, 7) is 6.30. The van der Waals surface area contributed by atoms with E-state index in [1.807, 2.05) is 0 Å². The molecule has 0 rings (SSSR count). The smallest absolute Gasteiger partial charge is 0.306 e. The molecule has 6 heteroatoms. The molecule has 0 aliphatic heterocycles. The lowest BCUT2D eigenvalue weighted by molar-refractivity contribution is -0.167. The fourth-order valence-corrected chi connectivity index (χ4v) is 7.48. The summed E-state index contributed by atoms with van der Waals surface area (Å²) >= 11 is 0. The second-order valence-electron chi connectivity index (χ2n) is 18.1. The molecule has 0 N–H and O–H groups in total. The molecule has 0 saturated heterocycles. The summed E-state index contributed by atoms with van der Waals surface area (Å²) in [5.41, 5.74) is 0. The highest BCUT2D eigenvalue weighted by atomic mass is 16.6. The third-order valence-electron chi connectivity index (χ3n) is 11.6. The second-order valence-corrected chi connectivity index (χ2v) is 18.1. The molecule has 0 fully saturated rings. The summed E-state index contributed by atoms with van der Waals surface area (Å²) in [5.74, 6) is -0.933. The van der Waals surface area contributed by atoms with Crippen molar-refractivity contribution < 1.29 is 28.6 Å². The van der Waals surface area contributed by atoms with Gasteiger partial charge in [-0.2, -0.15) is 0 Å². The van der Waals surface area contributed by atoms with Crippen molar-refractivity contribution in [3.63, 3.8) is 0 Å².